The van der Waals surface area contributed by atoms with Crippen LogP contribution in [-0.2, 0) is 4.74 Å². The molecule has 150 valence electrons. The molecule has 3 atom stereocenters. The van der Waals surface area contributed by atoms with Crippen LogP contribution in [0.15, 0.2) is 54.6 Å². The number of carbonyl (C=O) groups is 1. The van der Waals surface area contributed by atoms with E-state index < -0.39 is 0 Å². The minimum Gasteiger partial charge on any atom is -0.497 e. The summed E-state index contributed by atoms with van der Waals surface area (Å²) in [5, 5.41) is 3.75. The van der Waals surface area contributed by atoms with Gasteiger partial charge in [-0.05, 0) is 41.7 Å². The highest BCUT2D eigenvalue weighted by Gasteiger charge is 2.39. The van der Waals surface area contributed by atoms with Crippen LogP contribution in [0.5, 0.6) is 5.75 Å². The van der Waals surface area contributed by atoms with E-state index in [0.717, 1.165) is 23.4 Å². The first kappa shape index (κ1) is 18.3. The van der Waals surface area contributed by atoms with Gasteiger partial charge in [-0.15, -0.1) is 0 Å². The molecule has 1 fully saturated rings. The molecule has 5 nitrogen and oxygen atoms in total. The number of para-hydroxylation sites is 1. The van der Waals surface area contributed by atoms with Crippen molar-refractivity contribution in [3.8, 4) is 5.75 Å². The van der Waals surface area contributed by atoms with Crippen molar-refractivity contribution in [1.29, 1.82) is 0 Å². The monoisotopic (exact) mass is 390 g/mol. The molecular weight excluding hydrogens is 364 g/mol. The molecule has 5 heteroatoms. The Morgan fingerprint density at radius 1 is 1.17 bits per heavy atom. The summed E-state index contributed by atoms with van der Waals surface area (Å²) < 4.78 is 10.9. The van der Waals surface area contributed by atoms with Crippen molar-refractivity contribution >= 4 is 11.6 Å². The number of carbonyl (C=O) groups excluding carboxylic acids is 1. The number of anilines is 1. The standard InChI is InChI=1S/C24H26N2O3/c1-28-17-6-2-5-16(15-17)22-19-8-3-7-18(19)20-9-4-10-21(23(20)25-22)24(27)26-11-13-29-14-12-26/h2-7,9-10,15,18-19,22,25H,8,11-14H2,1H3. The van der Waals surface area contributed by atoms with E-state index in [2.05, 4.69) is 35.7 Å². The lowest BCUT2D eigenvalue weighted by molar-refractivity contribution is 0.0303. The molecule has 2 heterocycles. The van der Waals surface area contributed by atoms with Crippen LogP contribution < -0.4 is 10.1 Å². The van der Waals surface area contributed by atoms with Gasteiger partial charge in [0.05, 0.1) is 37.6 Å². The van der Waals surface area contributed by atoms with Gasteiger partial charge in [-0.3, -0.25) is 4.79 Å². The van der Waals surface area contributed by atoms with Gasteiger partial charge in [0.25, 0.3) is 5.91 Å². The first-order valence-corrected chi connectivity index (χ1v) is 10.3. The predicted molar refractivity (Wildman–Crippen MR) is 113 cm³/mol. The largest absolute Gasteiger partial charge is 0.497 e. The fourth-order valence-corrected chi connectivity index (χ4v) is 4.90. The molecule has 29 heavy (non-hydrogen) atoms. The number of nitrogens with zero attached hydrogens (tertiary/aromatic N) is 1. The topological polar surface area (TPSA) is 50.8 Å². The van der Waals surface area contributed by atoms with E-state index in [1.54, 1.807) is 7.11 Å². The Morgan fingerprint density at radius 3 is 2.83 bits per heavy atom. The fourth-order valence-electron chi connectivity index (χ4n) is 4.90. The highest BCUT2D eigenvalue weighted by Crippen LogP contribution is 2.51. The van der Waals surface area contributed by atoms with Crippen LogP contribution in [0.25, 0.3) is 0 Å². The number of rotatable bonds is 3. The number of hydrogen-bond acceptors (Lipinski definition) is 4. The summed E-state index contributed by atoms with van der Waals surface area (Å²) in [5.74, 6) is 1.70. The summed E-state index contributed by atoms with van der Waals surface area (Å²) in [5.41, 5.74) is 4.16. The zero-order chi connectivity index (χ0) is 19.8. The Morgan fingerprint density at radius 2 is 2.00 bits per heavy atom. The lowest BCUT2D eigenvalue weighted by atomic mass is 9.76. The minimum atomic E-state index is 0.0856. The molecule has 3 unspecified atom stereocenters. The maximum atomic E-state index is 13.3. The van der Waals surface area contributed by atoms with Crippen LogP contribution >= 0.6 is 0 Å². The van der Waals surface area contributed by atoms with Gasteiger partial charge in [0.2, 0.25) is 0 Å². The number of ether oxygens (including phenoxy) is 2. The third kappa shape index (κ3) is 3.19. The highest BCUT2D eigenvalue weighted by atomic mass is 16.5. The van der Waals surface area contributed by atoms with Crippen LogP contribution in [0.1, 0.15) is 39.9 Å². The zero-order valence-corrected chi connectivity index (χ0v) is 16.6. The van der Waals surface area contributed by atoms with Crippen LogP contribution in [0, 0.1) is 5.92 Å². The van der Waals surface area contributed by atoms with E-state index in [-0.39, 0.29) is 11.9 Å². The Labute approximate surface area is 171 Å². The van der Waals surface area contributed by atoms with Crippen LogP contribution in [0.4, 0.5) is 5.69 Å². The van der Waals surface area contributed by atoms with E-state index in [4.69, 9.17) is 9.47 Å². The average Bonchev–Trinajstić information content (AvgIpc) is 3.28. The van der Waals surface area contributed by atoms with Gasteiger partial charge in [0, 0.05) is 19.0 Å². The van der Waals surface area contributed by atoms with Crippen molar-refractivity contribution in [2.45, 2.75) is 18.4 Å². The highest BCUT2D eigenvalue weighted by molar-refractivity contribution is 6.01. The van der Waals surface area contributed by atoms with Crippen molar-refractivity contribution in [3.63, 3.8) is 0 Å². The first-order chi connectivity index (χ1) is 14.3. The van der Waals surface area contributed by atoms with E-state index >= 15 is 0 Å². The Bertz CT molecular complexity index is 949. The lowest BCUT2D eigenvalue weighted by Crippen LogP contribution is -2.41. The van der Waals surface area contributed by atoms with Gasteiger partial charge in [0.15, 0.2) is 0 Å². The number of amides is 1. The summed E-state index contributed by atoms with van der Waals surface area (Å²) in [6.45, 7) is 2.50. The first-order valence-electron chi connectivity index (χ1n) is 10.3. The van der Waals surface area contributed by atoms with Crippen LogP contribution in [-0.4, -0.2) is 44.2 Å². The van der Waals surface area contributed by atoms with E-state index in [1.165, 1.54) is 11.1 Å². The predicted octanol–water partition coefficient (Wildman–Crippen LogP) is 3.99. The molecule has 2 aromatic rings. The number of nitrogens with one attached hydrogen (secondary N) is 1. The van der Waals surface area contributed by atoms with Gasteiger partial charge in [-0.25, -0.2) is 0 Å². The maximum Gasteiger partial charge on any atom is 0.256 e. The molecule has 0 radical (unpaired) electrons. The fraction of sp³-hybridized carbons (Fsp3) is 0.375. The maximum absolute atomic E-state index is 13.3. The zero-order valence-electron chi connectivity index (χ0n) is 16.6. The average molecular weight is 390 g/mol. The van der Waals surface area contributed by atoms with Crippen LogP contribution in [0.2, 0.25) is 0 Å². The van der Waals surface area contributed by atoms with E-state index in [1.807, 2.05) is 29.2 Å². The second-order valence-electron chi connectivity index (χ2n) is 7.93. The molecule has 0 aromatic heterocycles. The van der Waals surface area contributed by atoms with Crippen molar-refractivity contribution in [1.82, 2.24) is 4.90 Å². The number of methoxy groups -OCH3 is 1. The summed E-state index contributed by atoms with van der Waals surface area (Å²) in [6, 6.07) is 14.5. The molecule has 1 amide bonds. The minimum absolute atomic E-state index is 0.0856. The van der Waals surface area contributed by atoms with Crippen molar-refractivity contribution in [3.05, 3.63) is 71.3 Å². The molecule has 0 saturated carbocycles. The number of benzene rings is 2. The molecular formula is C24H26N2O3. The summed E-state index contributed by atoms with van der Waals surface area (Å²) in [7, 11) is 1.70. The summed E-state index contributed by atoms with van der Waals surface area (Å²) in [4.78, 5) is 15.2. The summed E-state index contributed by atoms with van der Waals surface area (Å²) >= 11 is 0. The Kier molecular flexibility index (Phi) is 4.76. The summed E-state index contributed by atoms with van der Waals surface area (Å²) in [6.07, 6.45) is 5.61. The molecule has 5 rings (SSSR count). The quantitative estimate of drug-likeness (QED) is 0.805. The molecule has 1 N–H and O–H groups in total. The van der Waals surface area contributed by atoms with Gasteiger partial charge in [0.1, 0.15) is 5.75 Å². The molecule has 1 aliphatic carbocycles. The smallest absolute Gasteiger partial charge is 0.256 e. The number of hydrogen-bond donors (Lipinski definition) is 1. The van der Waals surface area contributed by atoms with Crippen molar-refractivity contribution in [2.75, 3.05) is 38.7 Å². The number of allylic oxidation sites excluding steroid dienone is 2. The molecule has 0 spiro atoms. The van der Waals surface area contributed by atoms with Crippen LogP contribution in [0.3, 0.4) is 0 Å². The van der Waals surface area contributed by atoms with Gasteiger partial charge >= 0.3 is 0 Å². The Hall–Kier alpha value is -2.79. The molecule has 0 bridgehead atoms. The van der Waals surface area contributed by atoms with Crippen molar-refractivity contribution in [2.24, 2.45) is 5.92 Å². The lowest BCUT2D eigenvalue weighted by Gasteiger charge is -2.39. The third-order valence-electron chi connectivity index (χ3n) is 6.38. The van der Waals surface area contributed by atoms with Crippen molar-refractivity contribution < 1.29 is 14.3 Å². The number of fused-ring (bicyclic) bond motifs is 3. The second kappa shape index (κ2) is 7.56. The molecule has 1 saturated heterocycles. The SMILES string of the molecule is COc1cccc(C2Nc3c(C(=O)N4CCOCC4)cccc3C3C=CCC32)c1. The van der Waals surface area contributed by atoms with Gasteiger partial charge in [-0.1, -0.05) is 36.4 Å². The third-order valence-corrected chi connectivity index (χ3v) is 6.38. The normalized spacial score (nSPS) is 25.1. The van der Waals surface area contributed by atoms with Gasteiger partial charge < -0.3 is 19.7 Å². The Balaban J connectivity index is 1.55. The van der Waals surface area contributed by atoms with E-state index in [9.17, 15) is 4.79 Å². The van der Waals surface area contributed by atoms with E-state index in [0.29, 0.717) is 38.1 Å². The molecule has 2 aromatic carbocycles. The number of morpholine rings is 1. The second-order valence-corrected chi connectivity index (χ2v) is 7.93. The van der Waals surface area contributed by atoms with Gasteiger partial charge in [-0.2, -0.15) is 0 Å². The molecule has 2 aliphatic heterocycles. The molecule has 3 aliphatic rings.